The number of hydrogen-bond acceptors (Lipinski definition) is 0. The van der Waals surface area contributed by atoms with Gasteiger partial charge in [-0.2, -0.15) is 0 Å². The van der Waals surface area contributed by atoms with Gasteiger partial charge in [-0.05, 0) is 30.7 Å². The van der Waals surface area contributed by atoms with E-state index in [1.807, 2.05) is 19.1 Å². The standard InChI is InChI=1S/C8H7BrCl2/c1-5(9)6-2-7(10)4-8(11)3-6/h2-5H,1H3/t5-/m1/s1. The van der Waals surface area contributed by atoms with Gasteiger partial charge in [-0.3, -0.25) is 0 Å². The number of halogens is 3. The van der Waals surface area contributed by atoms with Crippen LogP contribution in [0.25, 0.3) is 0 Å². The summed E-state index contributed by atoms with van der Waals surface area (Å²) in [6, 6.07) is 5.52. The molecule has 11 heavy (non-hydrogen) atoms. The van der Waals surface area contributed by atoms with Crippen LogP contribution in [0.3, 0.4) is 0 Å². The maximum atomic E-state index is 5.79. The quantitative estimate of drug-likeness (QED) is 0.649. The van der Waals surface area contributed by atoms with E-state index in [2.05, 4.69) is 15.9 Å². The molecule has 0 aromatic heterocycles. The second kappa shape index (κ2) is 3.79. The first-order chi connectivity index (χ1) is 5.09. The second-order valence-corrected chi connectivity index (χ2v) is 4.57. The maximum Gasteiger partial charge on any atom is 0.0423 e. The molecule has 60 valence electrons. The predicted molar refractivity (Wildman–Crippen MR) is 53.8 cm³/mol. The zero-order valence-electron chi connectivity index (χ0n) is 5.94. The average Bonchev–Trinajstić information content (AvgIpc) is 1.85. The lowest BCUT2D eigenvalue weighted by atomic mass is 10.2. The summed E-state index contributed by atoms with van der Waals surface area (Å²) in [4.78, 5) is 0.290. The molecule has 0 spiro atoms. The minimum absolute atomic E-state index is 0.290. The van der Waals surface area contributed by atoms with Gasteiger partial charge < -0.3 is 0 Å². The highest BCUT2D eigenvalue weighted by molar-refractivity contribution is 9.09. The van der Waals surface area contributed by atoms with E-state index in [-0.39, 0.29) is 0 Å². The van der Waals surface area contributed by atoms with Crippen LogP contribution in [0.2, 0.25) is 10.0 Å². The molecular formula is C8H7BrCl2. The SMILES string of the molecule is C[C@@H](Br)c1cc(Cl)cc(Cl)c1. The highest BCUT2D eigenvalue weighted by Crippen LogP contribution is 2.27. The van der Waals surface area contributed by atoms with Gasteiger partial charge in [-0.25, -0.2) is 0 Å². The van der Waals surface area contributed by atoms with Gasteiger partial charge in [0.15, 0.2) is 0 Å². The van der Waals surface area contributed by atoms with Crippen molar-refractivity contribution in [2.75, 3.05) is 0 Å². The lowest BCUT2D eigenvalue weighted by Gasteiger charge is -2.03. The summed E-state index contributed by atoms with van der Waals surface area (Å²) in [6.07, 6.45) is 0. The van der Waals surface area contributed by atoms with Crippen molar-refractivity contribution in [2.45, 2.75) is 11.8 Å². The van der Waals surface area contributed by atoms with Crippen LogP contribution in [-0.2, 0) is 0 Å². The van der Waals surface area contributed by atoms with Crippen LogP contribution >= 0.6 is 39.1 Å². The van der Waals surface area contributed by atoms with Crippen molar-refractivity contribution in [3.63, 3.8) is 0 Å². The van der Waals surface area contributed by atoms with E-state index in [1.165, 1.54) is 0 Å². The van der Waals surface area contributed by atoms with Gasteiger partial charge in [0.05, 0.1) is 0 Å². The molecule has 0 aliphatic carbocycles. The third-order valence-corrected chi connectivity index (χ3v) is 2.31. The molecule has 0 heterocycles. The monoisotopic (exact) mass is 252 g/mol. The van der Waals surface area contributed by atoms with Crippen LogP contribution in [0.15, 0.2) is 18.2 Å². The molecule has 0 unspecified atom stereocenters. The molecule has 0 N–H and O–H groups in total. The van der Waals surface area contributed by atoms with Crippen LogP contribution in [-0.4, -0.2) is 0 Å². The summed E-state index contributed by atoms with van der Waals surface area (Å²) >= 11 is 15.0. The zero-order chi connectivity index (χ0) is 8.43. The Morgan fingerprint density at radius 1 is 1.18 bits per heavy atom. The van der Waals surface area contributed by atoms with E-state index in [4.69, 9.17) is 23.2 Å². The first-order valence-corrected chi connectivity index (χ1v) is 4.87. The number of hydrogen-bond donors (Lipinski definition) is 0. The Morgan fingerprint density at radius 2 is 1.64 bits per heavy atom. The maximum absolute atomic E-state index is 5.79. The van der Waals surface area contributed by atoms with E-state index < -0.39 is 0 Å². The first kappa shape index (κ1) is 9.37. The minimum atomic E-state index is 0.290. The summed E-state index contributed by atoms with van der Waals surface area (Å²) in [5.74, 6) is 0. The zero-order valence-corrected chi connectivity index (χ0v) is 9.04. The third-order valence-electron chi connectivity index (χ3n) is 1.34. The van der Waals surface area contributed by atoms with Crippen LogP contribution in [0.5, 0.6) is 0 Å². The van der Waals surface area contributed by atoms with Crippen molar-refractivity contribution in [1.29, 1.82) is 0 Å². The molecule has 0 radical (unpaired) electrons. The van der Waals surface area contributed by atoms with Gasteiger partial charge >= 0.3 is 0 Å². The minimum Gasteiger partial charge on any atom is -0.0843 e. The summed E-state index contributed by atoms with van der Waals surface area (Å²) in [5, 5.41) is 1.36. The third kappa shape index (κ3) is 2.66. The summed E-state index contributed by atoms with van der Waals surface area (Å²) in [6.45, 7) is 2.03. The molecule has 0 amide bonds. The smallest absolute Gasteiger partial charge is 0.0423 e. The van der Waals surface area contributed by atoms with E-state index in [0.29, 0.717) is 14.9 Å². The van der Waals surface area contributed by atoms with E-state index >= 15 is 0 Å². The Balaban J connectivity index is 3.08. The van der Waals surface area contributed by atoms with Crippen molar-refractivity contribution in [2.24, 2.45) is 0 Å². The van der Waals surface area contributed by atoms with Gasteiger partial charge in [0.2, 0.25) is 0 Å². The van der Waals surface area contributed by atoms with Gasteiger partial charge in [-0.1, -0.05) is 39.1 Å². The van der Waals surface area contributed by atoms with Crippen LogP contribution in [0.1, 0.15) is 17.3 Å². The largest absolute Gasteiger partial charge is 0.0843 e. The summed E-state index contributed by atoms with van der Waals surface area (Å²) < 4.78 is 0. The fraction of sp³-hybridized carbons (Fsp3) is 0.250. The molecule has 0 saturated heterocycles. The summed E-state index contributed by atoms with van der Waals surface area (Å²) in [7, 11) is 0. The van der Waals surface area contributed by atoms with Gasteiger partial charge in [0, 0.05) is 14.9 Å². The van der Waals surface area contributed by atoms with E-state index in [0.717, 1.165) is 5.56 Å². The number of rotatable bonds is 1. The fourth-order valence-electron chi connectivity index (χ4n) is 0.805. The Kier molecular flexibility index (Phi) is 3.23. The van der Waals surface area contributed by atoms with Crippen molar-refractivity contribution >= 4 is 39.1 Å². The number of alkyl halides is 1. The molecule has 0 fully saturated rings. The molecule has 3 heteroatoms. The normalized spacial score (nSPS) is 13.1. The molecular weight excluding hydrogens is 247 g/mol. The average molecular weight is 254 g/mol. The molecule has 0 saturated carbocycles. The molecule has 1 rings (SSSR count). The molecule has 0 aliphatic heterocycles. The van der Waals surface area contributed by atoms with Crippen molar-refractivity contribution < 1.29 is 0 Å². The predicted octanol–water partition coefficient (Wildman–Crippen LogP) is 4.45. The Labute approximate surface area is 84.6 Å². The highest BCUT2D eigenvalue weighted by atomic mass is 79.9. The molecule has 1 aromatic rings. The molecule has 1 aromatic carbocycles. The van der Waals surface area contributed by atoms with Crippen LogP contribution < -0.4 is 0 Å². The molecule has 0 aliphatic rings. The van der Waals surface area contributed by atoms with Crippen molar-refractivity contribution in [3.05, 3.63) is 33.8 Å². The number of benzene rings is 1. The summed E-state index contributed by atoms with van der Waals surface area (Å²) in [5.41, 5.74) is 1.10. The first-order valence-electron chi connectivity index (χ1n) is 3.19. The van der Waals surface area contributed by atoms with Crippen molar-refractivity contribution in [3.8, 4) is 0 Å². The van der Waals surface area contributed by atoms with Crippen molar-refractivity contribution in [1.82, 2.24) is 0 Å². The Morgan fingerprint density at radius 3 is 2.00 bits per heavy atom. The van der Waals surface area contributed by atoms with Crippen LogP contribution in [0.4, 0.5) is 0 Å². The topological polar surface area (TPSA) is 0 Å². The van der Waals surface area contributed by atoms with Crippen LogP contribution in [0, 0.1) is 0 Å². The molecule has 1 atom stereocenters. The lowest BCUT2D eigenvalue weighted by Crippen LogP contribution is -1.82. The Bertz CT molecular complexity index is 238. The lowest BCUT2D eigenvalue weighted by molar-refractivity contribution is 1.12. The van der Waals surface area contributed by atoms with Gasteiger partial charge in [-0.15, -0.1) is 0 Å². The van der Waals surface area contributed by atoms with Gasteiger partial charge in [0.25, 0.3) is 0 Å². The highest BCUT2D eigenvalue weighted by Gasteiger charge is 2.02. The van der Waals surface area contributed by atoms with E-state index in [1.54, 1.807) is 6.07 Å². The van der Waals surface area contributed by atoms with Gasteiger partial charge in [0.1, 0.15) is 0 Å². The molecule has 0 bridgehead atoms. The fourth-order valence-corrected chi connectivity index (χ4v) is 1.61. The van der Waals surface area contributed by atoms with E-state index in [9.17, 15) is 0 Å². The Hall–Kier alpha value is 0.280. The second-order valence-electron chi connectivity index (χ2n) is 2.32. The molecule has 0 nitrogen and oxygen atoms in total.